The van der Waals surface area contributed by atoms with Crippen molar-refractivity contribution in [1.82, 2.24) is 4.98 Å². The van der Waals surface area contributed by atoms with Crippen molar-refractivity contribution >= 4 is 22.5 Å². The Labute approximate surface area is 152 Å². The monoisotopic (exact) mass is 350 g/mol. The van der Waals surface area contributed by atoms with Crippen molar-refractivity contribution in [3.63, 3.8) is 0 Å². The van der Waals surface area contributed by atoms with Gasteiger partial charge < -0.3 is 15.0 Å². The summed E-state index contributed by atoms with van der Waals surface area (Å²) in [5.74, 6) is 0.890. The predicted molar refractivity (Wildman–Crippen MR) is 104 cm³/mol. The number of H-pyrrole nitrogens is 1. The van der Waals surface area contributed by atoms with Gasteiger partial charge in [0.05, 0.1) is 19.0 Å². The van der Waals surface area contributed by atoms with Crippen LogP contribution in [-0.2, 0) is 11.2 Å². The first-order valence-electron chi connectivity index (χ1n) is 8.56. The molecular formula is C21H22N2O3. The molecule has 1 amide bonds. The lowest BCUT2D eigenvalue weighted by Crippen LogP contribution is -2.14. The van der Waals surface area contributed by atoms with E-state index < -0.39 is 0 Å². The summed E-state index contributed by atoms with van der Waals surface area (Å²) in [6.45, 7) is 4.11. The number of benzene rings is 2. The first-order valence-corrected chi connectivity index (χ1v) is 8.56. The molecule has 0 aliphatic heterocycles. The number of anilines is 1. The fourth-order valence-corrected chi connectivity index (χ4v) is 2.98. The fraction of sp³-hybridized carbons (Fsp3) is 0.238. The molecule has 1 aromatic heterocycles. The molecule has 0 radical (unpaired) electrons. The standard InChI is InChI=1S/C21H22N2O3/c1-13(2)18-12-21(25)23-19-11-15(6-9-17(18)19)22-20(24)10-14-4-7-16(26-3)8-5-14/h4-9,11-13H,10H2,1-3H3,(H,22,24)(H,23,25). The molecule has 0 spiro atoms. The number of carbonyl (C=O) groups is 1. The number of carbonyl (C=O) groups excluding carboxylic acids is 1. The maximum atomic E-state index is 12.3. The first kappa shape index (κ1) is 17.7. The first-order chi connectivity index (χ1) is 12.5. The lowest BCUT2D eigenvalue weighted by Gasteiger charge is -2.11. The van der Waals surface area contributed by atoms with E-state index in [1.807, 2.05) is 36.4 Å². The predicted octanol–water partition coefficient (Wildman–Crippen LogP) is 3.84. The van der Waals surface area contributed by atoms with E-state index in [1.54, 1.807) is 19.2 Å². The van der Waals surface area contributed by atoms with Crippen molar-refractivity contribution in [2.75, 3.05) is 12.4 Å². The second kappa shape index (κ2) is 7.44. The van der Waals surface area contributed by atoms with Gasteiger partial charge in [0, 0.05) is 17.1 Å². The Hall–Kier alpha value is -3.08. The minimum Gasteiger partial charge on any atom is -0.497 e. The summed E-state index contributed by atoms with van der Waals surface area (Å²) in [5, 5.41) is 3.88. The quantitative estimate of drug-likeness (QED) is 0.734. The molecule has 3 rings (SSSR count). The van der Waals surface area contributed by atoms with Crippen molar-refractivity contribution < 1.29 is 9.53 Å². The molecule has 0 aliphatic carbocycles. The Morgan fingerprint density at radius 2 is 1.85 bits per heavy atom. The molecule has 5 heteroatoms. The van der Waals surface area contributed by atoms with Crippen LogP contribution in [0.3, 0.4) is 0 Å². The van der Waals surface area contributed by atoms with Gasteiger partial charge in [0.2, 0.25) is 11.5 Å². The molecule has 0 unspecified atom stereocenters. The molecule has 0 atom stereocenters. The highest BCUT2D eigenvalue weighted by molar-refractivity contribution is 5.95. The number of aromatic amines is 1. The second-order valence-electron chi connectivity index (χ2n) is 6.58. The summed E-state index contributed by atoms with van der Waals surface area (Å²) >= 11 is 0. The van der Waals surface area contributed by atoms with Crippen LogP contribution in [0.4, 0.5) is 5.69 Å². The van der Waals surface area contributed by atoms with Crippen LogP contribution in [0.1, 0.15) is 30.9 Å². The van der Waals surface area contributed by atoms with E-state index in [1.165, 1.54) is 0 Å². The number of aromatic nitrogens is 1. The van der Waals surface area contributed by atoms with Crippen LogP contribution < -0.4 is 15.6 Å². The lowest BCUT2D eigenvalue weighted by molar-refractivity contribution is -0.115. The maximum absolute atomic E-state index is 12.3. The molecule has 0 saturated carbocycles. The van der Waals surface area contributed by atoms with Gasteiger partial charge >= 0.3 is 0 Å². The molecular weight excluding hydrogens is 328 g/mol. The fourth-order valence-electron chi connectivity index (χ4n) is 2.98. The van der Waals surface area contributed by atoms with Crippen LogP contribution in [0.15, 0.2) is 53.3 Å². The van der Waals surface area contributed by atoms with Gasteiger partial charge in [-0.25, -0.2) is 0 Å². The number of rotatable bonds is 5. The zero-order chi connectivity index (χ0) is 18.7. The van der Waals surface area contributed by atoms with E-state index in [4.69, 9.17) is 4.74 Å². The number of hydrogen-bond donors (Lipinski definition) is 2. The number of methoxy groups -OCH3 is 1. The average Bonchev–Trinajstić information content (AvgIpc) is 2.61. The summed E-state index contributed by atoms with van der Waals surface area (Å²) in [4.78, 5) is 27.0. The van der Waals surface area contributed by atoms with Crippen LogP contribution in [0.25, 0.3) is 10.9 Å². The van der Waals surface area contributed by atoms with Crippen molar-refractivity contribution in [1.29, 1.82) is 0 Å². The molecule has 134 valence electrons. The number of hydrogen-bond acceptors (Lipinski definition) is 3. The Kier molecular flexibility index (Phi) is 5.07. The lowest BCUT2D eigenvalue weighted by atomic mass is 9.99. The molecule has 2 aromatic carbocycles. The van der Waals surface area contributed by atoms with Crippen LogP contribution in [-0.4, -0.2) is 18.0 Å². The summed E-state index contributed by atoms with van der Waals surface area (Å²) in [7, 11) is 1.61. The van der Waals surface area contributed by atoms with Crippen LogP contribution in [0, 0.1) is 0 Å². The maximum Gasteiger partial charge on any atom is 0.248 e. The molecule has 0 saturated heterocycles. The largest absolute Gasteiger partial charge is 0.497 e. The second-order valence-corrected chi connectivity index (χ2v) is 6.58. The third kappa shape index (κ3) is 3.94. The third-order valence-corrected chi connectivity index (χ3v) is 4.30. The van der Waals surface area contributed by atoms with E-state index in [2.05, 4.69) is 24.1 Å². The van der Waals surface area contributed by atoms with Crippen molar-refractivity contribution in [3.05, 3.63) is 70.0 Å². The van der Waals surface area contributed by atoms with Gasteiger partial charge in [-0.3, -0.25) is 9.59 Å². The van der Waals surface area contributed by atoms with E-state index in [0.29, 0.717) is 5.69 Å². The summed E-state index contributed by atoms with van der Waals surface area (Å²) in [6, 6.07) is 14.6. The van der Waals surface area contributed by atoms with Crippen molar-refractivity contribution in [3.8, 4) is 5.75 Å². The number of amides is 1. The number of pyridine rings is 1. The molecule has 0 fully saturated rings. The van der Waals surface area contributed by atoms with Gasteiger partial charge in [-0.2, -0.15) is 0 Å². The van der Waals surface area contributed by atoms with Gasteiger partial charge in [-0.1, -0.05) is 32.0 Å². The molecule has 2 N–H and O–H groups in total. The molecule has 0 aliphatic rings. The van der Waals surface area contributed by atoms with E-state index in [0.717, 1.165) is 27.8 Å². The topological polar surface area (TPSA) is 71.2 Å². The molecule has 1 heterocycles. The smallest absolute Gasteiger partial charge is 0.248 e. The zero-order valence-corrected chi connectivity index (χ0v) is 15.1. The van der Waals surface area contributed by atoms with E-state index >= 15 is 0 Å². The van der Waals surface area contributed by atoms with E-state index in [-0.39, 0.29) is 23.8 Å². The minimum atomic E-state index is -0.136. The van der Waals surface area contributed by atoms with Gasteiger partial charge in [-0.15, -0.1) is 0 Å². The van der Waals surface area contributed by atoms with Gasteiger partial charge in [0.25, 0.3) is 0 Å². The van der Waals surface area contributed by atoms with Crippen molar-refractivity contribution in [2.45, 2.75) is 26.2 Å². The average molecular weight is 350 g/mol. The summed E-state index contributed by atoms with van der Waals surface area (Å²) in [5.41, 5.74) is 3.15. The summed E-state index contributed by atoms with van der Waals surface area (Å²) in [6.07, 6.45) is 0.268. The highest BCUT2D eigenvalue weighted by atomic mass is 16.5. The van der Waals surface area contributed by atoms with Gasteiger partial charge in [0.15, 0.2) is 0 Å². The van der Waals surface area contributed by atoms with E-state index in [9.17, 15) is 9.59 Å². The summed E-state index contributed by atoms with van der Waals surface area (Å²) < 4.78 is 5.12. The number of fused-ring (bicyclic) bond motifs is 1. The molecule has 3 aromatic rings. The Morgan fingerprint density at radius 1 is 1.12 bits per heavy atom. The van der Waals surface area contributed by atoms with Gasteiger partial charge in [-0.05, 0) is 41.3 Å². The minimum absolute atomic E-state index is 0.114. The van der Waals surface area contributed by atoms with Crippen molar-refractivity contribution in [2.24, 2.45) is 0 Å². The highest BCUT2D eigenvalue weighted by Crippen LogP contribution is 2.25. The highest BCUT2D eigenvalue weighted by Gasteiger charge is 2.09. The van der Waals surface area contributed by atoms with Crippen LogP contribution >= 0.6 is 0 Å². The van der Waals surface area contributed by atoms with Crippen LogP contribution in [0.5, 0.6) is 5.75 Å². The Balaban J connectivity index is 1.79. The third-order valence-electron chi connectivity index (χ3n) is 4.30. The Morgan fingerprint density at radius 3 is 2.50 bits per heavy atom. The number of ether oxygens (including phenoxy) is 1. The molecule has 26 heavy (non-hydrogen) atoms. The normalized spacial score (nSPS) is 10.9. The number of nitrogens with one attached hydrogen (secondary N) is 2. The van der Waals surface area contributed by atoms with Gasteiger partial charge in [0.1, 0.15) is 5.75 Å². The molecule has 5 nitrogen and oxygen atoms in total. The van der Waals surface area contributed by atoms with Crippen LogP contribution in [0.2, 0.25) is 0 Å². The SMILES string of the molecule is COc1ccc(CC(=O)Nc2ccc3c(C(C)C)cc(=O)[nH]c3c2)cc1. The molecule has 0 bridgehead atoms. The zero-order valence-electron chi connectivity index (χ0n) is 15.1. The Bertz CT molecular complexity index is 988.